The van der Waals surface area contributed by atoms with Gasteiger partial charge in [0.2, 0.25) is 5.56 Å². The van der Waals surface area contributed by atoms with Gasteiger partial charge in [-0.05, 0) is 36.2 Å². The molecule has 0 atom stereocenters. The molecular formula is C17H18N2O3. The maximum atomic E-state index is 12.1. The molecule has 0 saturated carbocycles. The molecule has 1 aliphatic rings. The second-order valence-electron chi connectivity index (χ2n) is 5.26. The van der Waals surface area contributed by atoms with Gasteiger partial charge in [0.05, 0.1) is 6.61 Å². The van der Waals surface area contributed by atoms with Gasteiger partial charge in [-0.25, -0.2) is 0 Å². The van der Waals surface area contributed by atoms with Gasteiger partial charge in [-0.15, -0.1) is 0 Å². The molecule has 0 radical (unpaired) electrons. The number of carbonyl (C=O) groups excluding carboxylic acids is 1. The van der Waals surface area contributed by atoms with E-state index in [2.05, 4.69) is 5.32 Å². The first-order valence-corrected chi connectivity index (χ1v) is 7.43. The average Bonchev–Trinajstić information content (AvgIpc) is 3.00. The van der Waals surface area contributed by atoms with Gasteiger partial charge in [-0.1, -0.05) is 6.07 Å². The summed E-state index contributed by atoms with van der Waals surface area (Å²) in [7, 11) is 0. The maximum absolute atomic E-state index is 12.1. The van der Waals surface area contributed by atoms with E-state index in [9.17, 15) is 9.59 Å². The molecule has 1 N–H and O–H groups in total. The Morgan fingerprint density at radius 3 is 3.05 bits per heavy atom. The third-order valence-corrected chi connectivity index (χ3v) is 3.71. The van der Waals surface area contributed by atoms with Crippen LogP contribution in [0, 0.1) is 0 Å². The molecule has 2 heterocycles. The number of nitrogens with one attached hydrogen (secondary N) is 1. The zero-order chi connectivity index (χ0) is 15.4. The summed E-state index contributed by atoms with van der Waals surface area (Å²) in [6.07, 6.45) is 3.32. The van der Waals surface area contributed by atoms with Crippen LogP contribution in [0.25, 0.3) is 0 Å². The molecule has 0 unspecified atom stereocenters. The summed E-state index contributed by atoms with van der Waals surface area (Å²) in [5, 5.41) is 2.88. The molecule has 0 saturated heterocycles. The molecule has 0 aliphatic carbocycles. The van der Waals surface area contributed by atoms with Crippen molar-refractivity contribution < 1.29 is 9.53 Å². The summed E-state index contributed by atoms with van der Waals surface area (Å²) in [5.74, 6) is 0.787. The van der Waals surface area contributed by atoms with Gasteiger partial charge in [0, 0.05) is 37.3 Å². The predicted molar refractivity (Wildman–Crippen MR) is 83.3 cm³/mol. The number of hydrogen-bond acceptors (Lipinski definition) is 3. The lowest BCUT2D eigenvalue weighted by Gasteiger charge is -2.08. The molecule has 0 bridgehead atoms. The number of pyridine rings is 1. The van der Waals surface area contributed by atoms with E-state index in [4.69, 9.17) is 4.74 Å². The van der Waals surface area contributed by atoms with Crippen molar-refractivity contribution >= 4 is 5.91 Å². The number of nitrogens with zero attached hydrogens (tertiary/aromatic N) is 1. The molecule has 1 aromatic carbocycles. The molecular weight excluding hydrogens is 280 g/mol. The van der Waals surface area contributed by atoms with Crippen LogP contribution in [0.1, 0.15) is 22.3 Å². The highest BCUT2D eigenvalue weighted by Crippen LogP contribution is 2.25. The first-order valence-electron chi connectivity index (χ1n) is 7.43. The van der Waals surface area contributed by atoms with Crippen LogP contribution in [0.3, 0.4) is 0 Å². The number of amides is 1. The fourth-order valence-electron chi connectivity index (χ4n) is 2.53. The Bertz CT molecular complexity index is 737. The quantitative estimate of drug-likeness (QED) is 0.853. The zero-order valence-electron chi connectivity index (χ0n) is 12.2. The molecule has 2 aromatic rings. The van der Waals surface area contributed by atoms with E-state index in [1.54, 1.807) is 22.9 Å². The van der Waals surface area contributed by atoms with Gasteiger partial charge in [-0.2, -0.15) is 0 Å². The normalized spacial score (nSPS) is 12.5. The van der Waals surface area contributed by atoms with Crippen LogP contribution < -0.4 is 15.6 Å². The van der Waals surface area contributed by atoms with E-state index in [0.717, 1.165) is 17.7 Å². The van der Waals surface area contributed by atoms with E-state index in [0.29, 0.717) is 31.7 Å². The Balaban J connectivity index is 1.50. The molecule has 114 valence electrons. The predicted octanol–water partition coefficient (Wildman–Crippen LogP) is 1.60. The number of fused-ring (bicyclic) bond motifs is 1. The van der Waals surface area contributed by atoms with E-state index >= 15 is 0 Å². The first kappa shape index (κ1) is 14.4. The van der Waals surface area contributed by atoms with E-state index in [-0.39, 0.29) is 11.5 Å². The number of aryl methyl sites for hydroxylation is 1. The fourth-order valence-corrected chi connectivity index (χ4v) is 2.53. The highest BCUT2D eigenvalue weighted by atomic mass is 16.5. The number of hydrogen-bond donors (Lipinski definition) is 1. The van der Waals surface area contributed by atoms with Crippen molar-refractivity contribution in [3.05, 3.63) is 64.1 Å². The van der Waals surface area contributed by atoms with Gasteiger partial charge in [0.15, 0.2) is 0 Å². The summed E-state index contributed by atoms with van der Waals surface area (Å²) >= 11 is 0. The van der Waals surface area contributed by atoms with E-state index in [1.807, 2.05) is 18.2 Å². The van der Waals surface area contributed by atoms with Crippen molar-refractivity contribution in [2.24, 2.45) is 0 Å². The largest absolute Gasteiger partial charge is 0.493 e. The van der Waals surface area contributed by atoms with Crippen LogP contribution in [0.4, 0.5) is 0 Å². The van der Waals surface area contributed by atoms with Crippen molar-refractivity contribution in [1.29, 1.82) is 0 Å². The van der Waals surface area contributed by atoms with Crippen LogP contribution in [-0.4, -0.2) is 23.6 Å². The molecule has 0 spiro atoms. The van der Waals surface area contributed by atoms with Crippen molar-refractivity contribution in [2.45, 2.75) is 19.4 Å². The Morgan fingerprint density at radius 2 is 2.18 bits per heavy atom. The molecule has 0 fully saturated rings. The van der Waals surface area contributed by atoms with Crippen molar-refractivity contribution in [1.82, 2.24) is 9.88 Å². The average molecular weight is 298 g/mol. The second-order valence-corrected chi connectivity index (χ2v) is 5.26. The second kappa shape index (κ2) is 6.47. The molecule has 3 rings (SSSR count). The van der Waals surface area contributed by atoms with E-state index < -0.39 is 0 Å². The maximum Gasteiger partial charge on any atom is 0.251 e. The highest BCUT2D eigenvalue weighted by Gasteiger charge is 2.14. The summed E-state index contributed by atoms with van der Waals surface area (Å²) < 4.78 is 7.07. The van der Waals surface area contributed by atoms with Gasteiger partial charge in [-0.3, -0.25) is 9.59 Å². The monoisotopic (exact) mass is 298 g/mol. The van der Waals surface area contributed by atoms with Crippen LogP contribution in [0.2, 0.25) is 0 Å². The first-order chi connectivity index (χ1) is 10.7. The topological polar surface area (TPSA) is 60.3 Å². The molecule has 5 heteroatoms. The SMILES string of the molecule is O=C(NCCCn1ccccc1=O)c1ccc2c(c1)CCO2. The Kier molecular flexibility index (Phi) is 4.23. The van der Waals surface area contributed by atoms with Gasteiger partial charge < -0.3 is 14.6 Å². The van der Waals surface area contributed by atoms with Crippen LogP contribution in [-0.2, 0) is 13.0 Å². The minimum Gasteiger partial charge on any atom is -0.493 e. The summed E-state index contributed by atoms with van der Waals surface area (Å²) in [5.41, 5.74) is 1.72. The minimum atomic E-state index is -0.0879. The minimum absolute atomic E-state index is 0.0209. The summed E-state index contributed by atoms with van der Waals surface area (Å²) in [4.78, 5) is 23.6. The highest BCUT2D eigenvalue weighted by molar-refractivity contribution is 5.94. The molecule has 1 amide bonds. The van der Waals surface area contributed by atoms with E-state index in [1.165, 1.54) is 6.07 Å². The van der Waals surface area contributed by atoms with Crippen LogP contribution in [0.5, 0.6) is 5.75 Å². The lowest BCUT2D eigenvalue weighted by Crippen LogP contribution is -2.26. The number of carbonyl (C=O) groups is 1. The molecule has 1 aromatic heterocycles. The molecule has 5 nitrogen and oxygen atoms in total. The van der Waals surface area contributed by atoms with Crippen molar-refractivity contribution in [3.63, 3.8) is 0 Å². The van der Waals surface area contributed by atoms with Gasteiger partial charge in [0.1, 0.15) is 5.75 Å². The number of aromatic nitrogens is 1. The van der Waals surface area contributed by atoms with Gasteiger partial charge >= 0.3 is 0 Å². The van der Waals surface area contributed by atoms with Crippen molar-refractivity contribution in [3.8, 4) is 5.75 Å². The zero-order valence-corrected chi connectivity index (χ0v) is 12.2. The van der Waals surface area contributed by atoms with Gasteiger partial charge in [0.25, 0.3) is 5.91 Å². The third kappa shape index (κ3) is 3.19. The smallest absolute Gasteiger partial charge is 0.251 e. The third-order valence-electron chi connectivity index (χ3n) is 3.71. The number of rotatable bonds is 5. The lowest BCUT2D eigenvalue weighted by atomic mass is 10.1. The Morgan fingerprint density at radius 1 is 1.27 bits per heavy atom. The molecule has 1 aliphatic heterocycles. The summed E-state index contributed by atoms with van der Waals surface area (Å²) in [6, 6.07) is 10.6. The standard InChI is InChI=1S/C17H18N2O3/c20-16-4-1-2-9-19(16)10-3-8-18-17(21)14-5-6-15-13(12-14)7-11-22-15/h1-2,4-6,9,12H,3,7-8,10-11H2,(H,18,21). The lowest BCUT2D eigenvalue weighted by molar-refractivity contribution is 0.0952. The number of ether oxygens (including phenoxy) is 1. The van der Waals surface area contributed by atoms with Crippen molar-refractivity contribution in [2.75, 3.05) is 13.2 Å². The summed E-state index contributed by atoms with van der Waals surface area (Å²) in [6.45, 7) is 1.82. The van der Waals surface area contributed by atoms with Crippen LogP contribution >= 0.6 is 0 Å². The number of benzene rings is 1. The van der Waals surface area contributed by atoms with Crippen LogP contribution in [0.15, 0.2) is 47.4 Å². The molecule has 22 heavy (non-hydrogen) atoms. The Labute approximate surface area is 128 Å². The Hall–Kier alpha value is -2.56. The fraction of sp³-hybridized carbons (Fsp3) is 0.294.